The number of carbonyl (C=O) groups excluding carboxylic acids is 1. The SMILES string of the molecule is O=C(Nc1nc(-c2ccncc2)cs1)c1ccccn1. The van der Waals surface area contributed by atoms with Crippen LogP contribution in [0.25, 0.3) is 11.3 Å². The Balaban J connectivity index is 1.77. The second kappa shape index (κ2) is 5.58. The molecule has 0 saturated carbocycles. The lowest BCUT2D eigenvalue weighted by molar-refractivity contribution is 0.102. The fraction of sp³-hybridized carbons (Fsp3) is 0. The minimum atomic E-state index is -0.263. The predicted molar refractivity (Wildman–Crippen MR) is 77.5 cm³/mol. The third kappa shape index (κ3) is 2.70. The molecule has 0 bridgehead atoms. The van der Waals surface area contributed by atoms with Crippen molar-refractivity contribution in [2.45, 2.75) is 0 Å². The van der Waals surface area contributed by atoms with Crippen LogP contribution in [0.5, 0.6) is 0 Å². The Morgan fingerprint density at radius 3 is 2.70 bits per heavy atom. The lowest BCUT2D eigenvalue weighted by Crippen LogP contribution is -2.13. The van der Waals surface area contributed by atoms with Crippen LogP contribution in [0, 0.1) is 0 Å². The number of amides is 1. The van der Waals surface area contributed by atoms with Gasteiger partial charge in [0.25, 0.3) is 5.91 Å². The van der Waals surface area contributed by atoms with Crippen LogP contribution in [0.2, 0.25) is 0 Å². The molecule has 0 aliphatic carbocycles. The van der Waals surface area contributed by atoms with Crippen molar-refractivity contribution in [2.75, 3.05) is 5.32 Å². The summed E-state index contributed by atoms with van der Waals surface area (Å²) in [5.41, 5.74) is 2.15. The summed E-state index contributed by atoms with van der Waals surface area (Å²) >= 11 is 1.38. The Bertz CT molecular complexity index is 712. The molecular formula is C14H10N4OS. The van der Waals surface area contributed by atoms with Gasteiger partial charge in [-0.2, -0.15) is 0 Å². The van der Waals surface area contributed by atoms with Crippen molar-refractivity contribution in [3.8, 4) is 11.3 Å². The number of pyridine rings is 2. The second-order valence-corrected chi connectivity index (χ2v) is 4.80. The zero-order valence-corrected chi connectivity index (χ0v) is 11.2. The van der Waals surface area contributed by atoms with Gasteiger partial charge in [-0.1, -0.05) is 6.07 Å². The van der Waals surface area contributed by atoms with Crippen LogP contribution in [0.3, 0.4) is 0 Å². The number of nitrogens with one attached hydrogen (secondary N) is 1. The third-order valence-corrected chi connectivity index (χ3v) is 3.36. The summed E-state index contributed by atoms with van der Waals surface area (Å²) in [6.07, 6.45) is 5.00. The van der Waals surface area contributed by atoms with E-state index in [0.717, 1.165) is 11.3 Å². The van der Waals surface area contributed by atoms with Crippen molar-refractivity contribution >= 4 is 22.4 Å². The average Bonchev–Trinajstić information content (AvgIpc) is 2.97. The van der Waals surface area contributed by atoms with Crippen molar-refractivity contribution in [1.29, 1.82) is 0 Å². The highest BCUT2D eigenvalue weighted by atomic mass is 32.1. The van der Waals surface area contributed by atoms with E-state index in [2.05, 4.69) is 20.3 Å². The van der Waals surface area contributed by atoms with Crippen molar-refractivity contribution < 1.29 is 4.79 Å². The van der Waals surface area contributed by atoms with Gasteiger partial charge < -0.3 is 0 Å². The molecule has 0 atom stereocenters. The topological polar surface area (TPSA) is 67.8 Å². The van der Waals surface area contributed by atoms with Crippen molar-refractivity contribution in [3.63, 3.8) is 0 Å². The maximum Gasteiger partial charge on any atom is 0.276 e. The molecule has 0 unspecified atom stereocenters. The van der Waals surface area contributed by atoms with Gasteiger partial charge in [0, 0.05) is 29.5 Å². The van der Waals surface area contributed by atoms with Crippen LogP contribution in [-0.4, -0.2) is 20.9 Å². The first kappa shape index (κ1) is 12.4. The summed E-state index contributed by atoms with van der Waals surface area (Å²) < 4.78 is 0. The van der Waals surface area contributed by atoms with Gasteiger partial charge >= 0.3 is 0 Å². The van der Waals surface area contributed by atoms with Crippen LogP contribution < -0.4 is 5.32 Å². The molecule has 0 spiro atoms. The first-order valence-electron chi connectivity index (χ1n) is 5.91. The van der Waals surface area contributed by atoms with E-state index in [0.29, 0.717) is 10.8 Å². The van der Waals surface area contributed by atoms with E-state index in [1.54, 1.807) is 36.8 Å². The highest BCUT2D eigenvalue weighted by molar-refractivity contribution is 7.14. The minimum Gasteiger partial charge on any atom is -0.296 e. The number of thiazole rings is 1. The average molecular weight is 282 g/mol. The van der Waals surface area contributed by atoms with E-state index < -0.39 is 0 Å². The summed E-state index contributed by atoms with van der Waals surface area (Å²) in [5.74, 6) is -0.263. The molecule has 6 heteroatoms. The molecule has 0 aromatic carbocycles. The molecule has 98 valence electrons. The number of hydrogen-bond acceptors (Lipinski definition) is 5. The molecule has 0 aliphatic heterocycles. The van der Waals surface area contributed by atoms with Gasteiger partial charge in [-0.15, -0.1) is 11.3 Å². The zero-order valence-electron chi connectivity index (χ0n) is 10.4. The molecule has 3 aromatic heterocycles. The van der Waals surface area contributed by atoms with E-state index in [9.17, 15) is 4.79 Å². The number of nitrogens with zero attached hydrogens (tertiary/aromatic N) is 3. The molecule has 0 saturated heterocycles. The van der Waals surface area contributed by atoms with Gasteiger partial charge in [-0.25, -0.2) is 4.98 Å². The van der Waals surface area contributed by atoms with Crippen molar-refractivity contribution in [2.24, 2.45) is 0 Å². The van der Waals surface area contributed by atoms with Crippen LogP contribution in [0.4, 0.5) is 5.13 Å². The molecule has 0 radical (unpaired) electrons. The monoisotopic (exact) mass is 282 g/mol. The Kier molecular flexibility index (Phi) is 3.47. The number of hydrogen-bond donors (Lipinski definition) is 1. The van der Waals surface area contributed by atoms with E-state index >= 15 is 0 Å². The van der Waals surface area contributed by atoms with Crippen molar-refractivity contribution in [1.82, 2.24) is 15.0 Å². The van der Waals surface area contributed by atoms with E-state index in [1.165, 1.54) is 11.3 Å². The van der Waals surface area contributed by atoms with E-state index in [1.807, 2.05) is 17.5 Å². The molecule has 5 nitrogen and oxygen atoms in total. The highest BCUT2D eigenvalue weighted by Gasteiger charge is 2.10. The van der Waals surface area contributed by atoms with E-state index in [-0.39, 0.29) is 5.91 Å². The van der Waals surface area contributed by atoms with Gasteiger partial charge in [-0.3, -0.25) is 20.1 Å². The lowest BCUT2D eigenvalue weighted by atomic mass is 10.2. The Morgan fingerprint density at radius 1 is 1.10 bits per heavy atom. The molecule has 20 heavy (non-hydrogen) atoms. The molecule has 0 fully saturated rings. The second-order valence-electron chi connectivity index (χ2n) is 3.94. The number of anilines is 1. The van der Waals surface area contributed by atoms with Crippen molar-refractivity contribution in [3.05, 3.63) is 60.0 Å². The molecule has 1 amide bonds. The maximum atomic E-state index is 11.9. The molecule has 0 aliphatic rings. The third-order valence-electron chi connectivity index (χ3n) is 2.60. The van der Waals surface area contributed by atoms with Crippen LogP contribution in [0.15, 0.2) is 54.3 Å². The van der Waals surface area contributed by atoms with Gasteiger partial charge in [-0.05, 0) is 24.3 Å². The smallest absolute Gasteiger partial charge is 0.276 e. The molecule has 3 heterocycles. The predicted octanol–water partition coefficient (Wildman–Crippen LogP) is 2.85. The number of aromatic nitrogens is 3. The summed E-state index contributed by atoms with van der Waals surface area (Å²) in [5, 5.41) is 5.18. The molecule has 1 N–H and O–H groups in total. The largest absolute Gasteiger partial charge is 0.296 e. The molecular weight excluding hydrogens is 272 g/mol. The fourth-order valence-electron chi connectivity index (χ4n) is 1.64. The highest BCUT2D eigenvalue weighted by Crippen LogP contribution is 2.24. The Hall–Kier alpha value is -2.60. The summed E-state index contributed by atoms with van der Waals surface area (Å²) in [4.78, 5) is 24.3. The summed E-state index contributed by atoms with van der Waals surface area (Å²) in [6.45, 7) is 0. The number of rotatable bonds is 3. The number of carbonyl (C=O) groups is 1. The molecule has 3 rings (SSSR count). The Labute approximate surface area is 119 Å². The summed E-state index contributed by atoms with van der Waals surface area (Å²) in [6, 6.07) is 8.94. The summed E-state index contributed by atoms with van der Waals surface area (Å²) in [7, 11) is 0. The standard InChI is InChI=1S/C14H10N4OS/c19-13(11-3-1-2-6-16-11)18-14-17-12(9-20-14)10-4-7-15-8-5-10/h1-9H,(H,17,18,19). The van der Waals surface area contributed by atoms with Crippen LogP contribution in [-0.2, 0) is 0 Å². The van der Waals surface area contributed by atoms with Crippen LogP contribution in [0.1, 0.15) is 10.5 Å². The fourth-order valence-corrected chi connectivity index (χ4v) is 2.36. The lowest BCUT2D eigenvalue weighted by Gasteiger charge is -2.00. The molecule has 3 aromatic rings. The van der Waals surface area contributed by atoms with Gasteiger partial charge in [0.05, 0.1) is 5.69 Å². The first-order valence-corrected chi connectivity index (χ1v) is 6.79. The maximum absolute atomic E-state index is 11.9. The van der Waals surface area contributed by atoms with Gasteiger partial charge in [0.1, 0.15) is 5.69 Å². The Morgan fingerprint density at radius 2 is 1.95 bits per heavy atom. The van der Waals surface area contributed by atoms with Crippen LogP contribution >= 0.6 is 11.3 Å². The van der Waals surface area contributed by atoms with Gasteiger partial charge in [0.2, 0.25) is 0 Å². The van der Waals surface area contributed by atoms with E-state index in [4.69, 9.17) is 0 Å². The normalized spacial score (nSPS) is 10.2. The quantitative estimate of drug-likeness (QED) is 0.802. The zero-order chi connectivity index (χ0) is 13.8. The van der Waals surface area contributed by atoms with Gasteiger partial charge in [0.15, 0.2) is 5.13 Å². The first-order chi connectivity index (χ1) is 9.83. The minimum absolute atomic E-state index is 0.263.